The first-order chi connectivity index (χ1) is 9.22. The van der Waals surface area contributed by atoms with E-state index in [4.69, 9.17) is 0 Å². The van der Waals surface area contributed by atoms with Gasteiger partial charge < -0.3 is 10.2 Å². The first kappa shape index (κ1) is 17.0. The van der Waals surface area contributed by atoms with Crippen LogP contribution in [0.1, 0.15) is 25.3 Å². The van der Waals surface area contributed by atoms with Gasteiger partial charge in [0.1, 0.15) is 0 Å². The van der Waals surface area contributed by atoms with Gasteiger partial charge in [-0.15, -0.1) is 12.4 Å². The molecule has 20 heavy (non-hydrogen) atoms. The van der Waals surface area contributed by atoms with E-state index in [9.17, 15) is 4.79 Å². The maximum atomic E-state index is 12.1. The van der Waals surface area contributed by atoms with Crippen LogP contribution in [0.5, 0.6) is 0 Å². The highest BCUT2D eigenvalue weighted by Crippen LogP contribution is 2.27. The summed E-state index contributed by atoms with van der Waals surface area (Å²) in [5.41, 5.74) is 1.38. The number of hydrogen-bond acceptors (Lipinski definition) is 2. The average molecular weight is 297 g/mol. The Labute approximate surface area is 128 Å². The summed E-state index contributed by atoms with van der Waals surface area (Å²) in [4.78, 5) is 14.2. The molecule has 2 rings (SSSR count). The zero-order valence-corrected chi connectivity index (χ0v) is 13.2. The Hall–Kier alpha value is -1.06. The third kappa shape index (κ3) is 4.22. The Kier molecular flexibility index (Phi) is 7.03. The van der Waals surface area contributed by atoms with E-state index in [0.717, 1.165) is 25.9 Å². The molecule has 2 atom stereocenters. The molecule has 1 amide bonds. The van der Waals surface area contributed by atoms with Crippen molar-refractivity contribution in [2.75, 3.05) is 20.1 Å². The van der Waals surface area contributed by atoms with E-state index in [1.54, 1.807) is 0 Å². The minimum Gasteiger partial charge on any atom is -0.340 e. The van der Waals surface area contributed by atoms with Crippen molar-refractivity contribution >= 4 is 18.3 Å². The van der Waals surface area contributed by atoms with Crippen LogP contribution >= 0.6 is 12.4 Å². The number of nitrogens with zero attached hydrogens (tertiary/aromatic N) is 1. The van der Waals surface area contributed by atoms with Crippen molar-refractivity contribution in [1.29, 1.82) is 0 Å². The van der Waals surface area contributed by atoms with Gasteiger partial charge in [-0.2, -0.15) is 0 Å². The molecule has 2 unspecified atom stereocenters. The van der Waals surface area contributed by atoms with Gasteiger partial charge in [0.05, 0.1) is 0 Å². The van der Waals surface area contributed by atoms with Crippen LogP contribution in [0.2, 0.25) is 0 Å². The molecule has 0 radical (unpaired) electrons. The molecule has 0 saturated carbocycles. The van der Waals surface area contributed by atoms with Crippen LogP contribution in [0.15, 0.2) is 30.3 Å². The molecular formula is C16H25ClN2O. The zero-order chi connectivity index (χ0) is 13.7. The topological polar surface area (TPSA) is 32.3 Å². The Bertz CT molecular complexity index is 410. The first-order valence-electron chi connectivity index (χ1n) is 7.20. The second-order valence-corrected chi connectivity index (χ2v) is 5.42. The summed E-state index contributed by atoms with van der Waals surface area (Å²) >= 11 is 0. The largest absolute Gasteiger partial charge is 0.340 e. The lowest BCUT2D eigenvalue weighted by atomic mass is 9.93. The van der Waals surface area contributed by atoms with Gasteiger partial charge in [0, 0.05) is 25.6 Å². The van der Waals surface area contributed by atoms with Gasteiger partial charge >= 0.3 is 0 Å². The number of halogens is 1. The first-order valence-corrected chi connectivity index (χ1v) is 7.20. The molecule has 1 fully saturated rings. The van der Waals surface area contributed by atoms with Crippen LogP contribution < -0.4 is 5.32 Å². The summed E-state index contributed by atoms with van der Waals surface area (Å²) in [7, 11) is 1.89. The van der Waals surface area contributed by atoms with E-state index in [0.29, 0.717) is 18.4 Å². The normalized spacial score (nSPS) is 21.6. The number of hydrogen-bond donors (Lipinski definition) is 1. The lowest BCUT2D eigenvalue weighted by molar-refractivity contribution is -0.131. The molecule has 1 N–H and O–H groups in total. The maximum Gasteiger partial charge on any atom is 0.224 e. The molecule has 112 valence electrons. The monoisotopic (exact) mass is 296 g/mol. The van der Waals surface area contributed by atoms with Crippen molar-refractivity contribution in [3.05, 3.63) is 35.9 Å². The summed E-state index contributed by atoms with van der Waals surface area (Å²) in [6.45, 7) is 3.88. The Balaban J connectivity index is 0.00000200. The molecule has 0 aliphatic carbocycles. The lowest BCUT2D eigenvalue weighted by Gasteiger charge is -2.25. The predicted octanol–water partition coefficient (Wildman–Crippen LogP) is 2.50. The molecule has 1 aliphatic heterocycles. The molecule has 1 heterocycles. The summed E-state index contributed by atoms with van der Waals surface area (Å²) in [6.07, 6.45) is 2.82. The fourth-order valence-electron chi connectivity index (χ4n) is 2.92. The van der Waals surface area contributed by atoms with Gasteiger partial charge in [0.15, 0.2) is 0 Å². The molecule has 1 aromatic carbocycles. The molecule has 3 nitrogen and oxygen atoms in total. The van der Waals surface area contributed by atoms with E-state index >= 15 is 0 Å². The summed E-state index contributed by atoms with van der Waals surface area (Å²) in [6, 6.07) is 10.9. The molecule has 0 spiro atoms. The van der Waals surface area contributed by atoms with Crippen molar-refractivity contribution in [3.63, 3.8) is 0 Å². The summed E-state index contributed by atoms with van der Waals surface area (Å²) < 4.78 is 0. The number of carbonyl (C=O) groups is 1. The zero-order valence-electron chi connectivity index (χ0n) is 12.3. The van der Waals surface area contributed by atoms with Crippen LogP contribution in [0.25, 0.3) is 0 Å². The number of benzene rings is 1. The van der Waals surface area contributed by atoms with Crippen LogP contribution in [0.4, 0.5) is 0 Å². The molecule has 0 aromatic heterocycles. The third-order valence-corrected chi connectivity index (χ3v) is 4.16. The molecule has 4 heteroatoms. The molecule has 1 aliphatic rings. The Morgan fingerprint density at radius 2 is 2.05 bits per heavy atom. The maximum absolute atomic E-state index is 12.1. The third-order valence-electron chi connectivity index (χ3n) is 4.16. The number of carbonyl (C=O) groups excluding carboxylic acids is 1. The number of rotatable bonds is 5. The second kappa shape index (κ2) is 8.28. The van der Waals surface area contributed by atoms with Crippen molar-refractivity contribution < 1.29 is 4.79 Å². The average Bonchev–Trinajstić information content (AvgIpc) is 2.79. The minimum atomic E-state index is 0. The highest BCUT2D eigenvalue weighted by Gasteiger charge is 2.33. The van der Waals surface area contributed by atoms with Gasteiger partial charge in [0.25, 0.3) is 0 Å². The van der Waals surface area contributed by atoms with Crippen LogP contribution in [-0.4, -0.2) is 37.0 Å². The highest BCUT2D eigenvalue weighted by atomic mass is 35.5. The Morgan fingerprint density at radius 1 is 1.35 bits per heavy atom. The van der Waals surface area contributed by atoms with Crippen molar-refractivity contribution in [2.45, 2.75) is 32.2 Å². The van der Waals surface area contributed by atoms with E-state index in [1.807, 2.05) is 7.05 Å². The van der Waals surface area contributed by atoms with E-state index in [-0.39, 0.29) is 18.3 Å². The minimum absolute atomic E-state index is 0. The summed E-state index contributed by atoms with van der Waals surface area (Å²) in [5, 5.41) is 3.04. The van der Waals surface area contributed by atoms with Crippen molar-refractivity contribution in [2.24, 2.45) is 5.92 Å². The lowest BCUT2D eigenvalue weighted by Crippen LogP contribution is -2.37. The quantitative estimate of drug-likeness (QED) is 0.905. The molecule has 0 bridgehead atoms. The fourth-order valence-corrected chi connectivity index (χ4v) is 2.92. The van der Waals surface area contributed by atoms with Gasteiger partial charge in [0.2, 0.25) is 5.91 Å². The molecule has 1 saturated heterocycles. The fraction of sp³-hybridized carbons (Fsp3) is 0.562. The number of amides is 1. The van der Waals surface area contributed by atoms with Crippen molar-refractivity contribution in [1.82, 2.24) is 10.2 Å². The smallest absolute Gasteiger partial charge is 0.224 e. The predicted molar refractivity (Wildman–Crippen MR) is 85.2 cm³/mol. The van der Waals surface area contributed by atoms with Gasteiger partial charge in [-0.25, -0.2) is 0 Å². The van der Waals surface area contributed by atoms with Crippen LogP contribution in [0.3, 0.4) is 0 Å². The number of likely N-dealkylation sites (tertiary alicyclic amines) is 1. The van der Waals surface area contributed by atoms with Crippen LogP contribution in [0, 0.1) is 5.92 Å². The molecule has 1 aromatic rings. The Morgan fingerprint density at radius 3 is 2.70 bits per heavy atom. The van der Waals surface area contributed by atoms with E-state index < -0.39 is 0 Å². The van der Waals surface area contributed by atoms with Gasteiger partial charge in [-0.3, -0.25) is 4.79 Å². The molecular weight excluding hydrogens is 272 g/mol. The number of nitrogens with one attached hydrogen (secondary N) is 1. The standard InChI is InChI=1S/C16H24N2O.ClH/c1-13-15(12-14-6-4-3-5-7-14)9-11-18(13)16(19)8-10-17-2;/h3-7,13,15,17H,8-12H2,1-2H3;1H. The van der Waals surface area contributed by atoms with Crippen molar-refractivity contribution in [3.8, 4) is 0 Å². The van der Waals surface area contributed by atoms with Gasteiger partial charge in [-0.05, 0) is 38.3 Å². The van der Waals surface area contributed by atoms with E-state index in [1.165, 1.54) is 5.56 Å². The van der Waals surface area contributed by atoms with Crippen LogP contribution in [-0.2, 0) is 11.2 Å². The van der Waals surface area contributed by atoms with Gasteiger partial charge in [-0.1, -0.05) is 30.3 Å². The highest BCUT2D eigenvalue weighted by molar-refractivity contribution is 5.85. The second-order valence-electron chi connectivity index (χ2n) is 5.42. The van der Waals surface area contributed by atoms with E-state index in [2.05, 4.69) is 47.5 Å². The SMILES string of the molecule is CNCCC(=O)N1CCC(Cc2ccccc2)C1C.Cl. The summed E-state index contributed by atoms with van der Waals surface area (Å²) in [5.74, 6) is 0.887.